The summed E-state index contributed by atoms with van der Waals surface area (Å²) in [7, 11) is 4.12. The van der Waals surface area contributed by atoms with Crippen molar-refractivity contribution in [3.05, 3.63) is 0 Å². The van der Waals surface area contributed by atoms with Crippen LogP contribution in [-0.4, -0.2) is 21.9 Å². The summed E-state index contributed by atoms with van der Waals surface area (Å²) < 4.78 is 0. The van der Waals surface area contributed by atoms with Gasteiger partial charge in [-0.2, -0.15) is 0 Å². The van der Waals surface area contributed by atoms with E-state index in [1.165, 1.54) is 81.0 Å². The third-order valence-corrected chi connectivity index (χ3v) is 7.57. The molecule has 0 saturated carbocycles. The van der Waals surface area contributed by atoms with Crippen molar-refractivity contribution >= 4 is 42.5 Å². The van der Waals surface area contributed by atoms with Crippen LogP contribution < -0.4 is 0 Å². The SMILES string of the molecule is CCCCCCCCCCCCSSSC(=O)C(C)C(=O)O. The Hall–Kier alpha value is 0.190. The topological polar surface area (TPSA) is 54.4 Å². The third-order valence-electron chi connectivity index (χ3n) is 3.47. The lowest BCUT2D eigenvalue weighted by molar-refractivity contribution is -0.143. The van der Waals surface area contributed by atoms with Gasteiger partial charge >= 0.3 is 5.97 Å². The van der Waals surface area contributed by atoms with Gasteiger partial charge in [0.05, 0.1) is 0 Å². The molecule has 0 radical (unpaired) electrons. The maximum absolute atomic E-state index is 11.4. The van der Waals surface area contributed by atoms with Gasteiger partial charge in [0.1, 0.15) is 5.92 Å². The number of aliphatic carboxylic acids is 1. The molecule has 22 heavy (non-hydrogen) atoms. The predicted octanol–water partition coefficient (Wildman–Crippen LogP) is 6.18. The number of carbonyl (C=O) groups excluding carboxylic acids is 1. The lowest BCUT2D eigenvalue weighted by Crippen LogP contribution is -2.16. The molecule has 0 amide bonds. The second-order valence-corrected chi connectivity index (χ2v) is 9.72. The monoisotopic (exact) mass is 366 g/mol. The molecule has 0 aromatic carbocycles. The first-order valence-corrected chi connectivity index (χ1v) is 12.0. The lowest BCUT2D eigenvalue weighted by Gasteiger charge is -2.04. The summed E-state index contributed by atoms with van der Waals surface area (Å²) in [5.41, 5.74) is 0. The number of carboxylic acids is 1. The van der Waals surface area contributed by atoms with Crippen LogP contribution in [0.5, 0.6) is 0 Å². The molecular formula is C16H30O3S3. The fourth-order valence-electron chi connectivity index (χ4n) is 1.91. The van der Waals surface area contributed by atoms with Crippen molar-refractivity contribution in [3.8, 4) is 0 Å². The van der Waals surface area contributed by atoms with Crippen LogP contribution >= 0.6 is 31.4 Å². The minimum atomic E-state index is -1.04. The summed E-state index contributed by atoms with van der Waals surface area (Å²) in [6.45, 7) is 3.68. The number of carbonyl (C=O) groups is 2. The lowest BCUT2D eigenvalue weighted by atomic mass is 10.1. The minimum Gasteiger partial charge on any atom is -0.481 e. The quantitative estimate of drug-likeness (QED) is 0.212. The molecule has 0 rings (SSSR count). The molecule has 0 heterocycles. The number of hydrogen-bond acceptors (Lipinski definition) is 5. The first kappa shape index (κ1) is 22.2. The summed E-state index contributed by atoms with van der Waals surface area (Å²) in [6, 6.07) is 0. The normalized spacial score (nSPS) is 12.3. The van der Waals surface area contributed by atoms with Gasteiger partial charge in [0.15, 0.2) is 0 Å². The van der Waals surface area contributed by atoms with Crippen LogP contribution in [0.25, 0.3) is 0 Å². The molecular weight excluding hydrogens is 336 g/mol. The van der Waals surface area contributed by atoms with Gasteiger partial charge in [0.2, 0.25) is 5.12 Å². The van der Waals surface area contributed by atoms with Crippen LogP contribution in [0, 0.1) is 5.92 Å². The largest absolute Gasteiger partial charge is 0.481 e. The molecule has 0 spiro atoms. The molecule has 0 aromatic rings. The smallest absolute Gasteiger partial charge is 0.314 e. The van der Waals surface area contributed by atoms with Gasteiger partial charge in [-0.15, -0.1) is 0 Å². The number of unbranched alkanes of at least 4 members (excludes halogenated alkanes) is 9. The van der Waals surface area contributed by atoms with Crippen molar-refractivity contribution in [2.24, 2.45) is 5.92 Å². The molecule has 6 heteroatoms. The summed E-state index contributed by atoms with van der Waals surface area (Å²) in [5, 5.41) is 8.44. The van der Waals surface area contributed by atoms with Gasteiger partial charge in [-0.1, -0.05) is 75.5 Å². The van der Waals surface area contributed by atoms with Gasteiger partial charge < -0.3 is 5.11 Å². The van der Waals surface area contributed by atoms with Crippen molar-refractivity contribution < 1.29 is 14.7 Å². The van der Waals surface area contributed by atoms with E-state index in [1.807, 2.05) is 0 Å². The number of rotatable bonds is 15. The van der Waals surface area contributed by atoms with Crippen LogP contribution in [0.3, 0.4) is 0 Å². The maximum Gasteiger partial charge on any atom is 0.314 e. The van der Waals surface area contributed by atoms with Gasteiger partial charge in [0.25, 0.3) is 0 Å². The molecule has 0 bridgehead atoms. The van der Waals surface area contributed by atoms with Crippen molar-refractivity contribution in [2.45, 2.75) is 78.1 Å². The standard InChI is InChI=1S/C16H30O3S3/c1-3-4-5-6-7-8-9-10-11-12-13-20-22-21-16(19)14(2)15(17)18/h14H,3-13H2,1-2H3,(H,17,18). The molecule has 3 nitrogen and oxygen atoms in total. The van der Waals surface area contributed by atoms with E-state index in [4.69, 9.17) is 5.11 Å². The van der Waals surface area contributed by atoms with E-state index in [0.29, 0.717) is 0 Å². The summed E-state index contributed by atoms with van der Waals surface area (Å²) in [4.78, 5) is 22.1. The molecule has 0 aliphatic rings. The van der Waals surface area contributed by atoms with E-state index in [2.05, 4.69) is 6.92 Å². The van der Waals surface area contributed by atoms with Gasteiger partial charge in [-0.25, -0.2) is 0 Å². The zero-order valence-corrected chi connectivity index (χ0v) is 16.3. The third kappa shape index (κ3) is 13.8. The van der Waals surface area contributed by atoms with E-state index < -0.39 is 11.9 Å². The Bertz CT molecular complexity index is 298. The highest BCUT2D eigenvalue weighted by molar-refractivity contribution is 9.12. The van der Waals surface area contributed by atoms with Crippen LogP contribution in [0.1, 0.15) is 78.1 Å². The highest BCUT2D eigenvalue weighted by Gasteiger charge is 2.21. The van der Waals surface area contributed by atoms with Crippen molar-refractivity contribution in [2.75, 3.05) is 5.75 Å². The van der Waals surface area contributed by atoms with Crippen LogP contribution in [0.15, 0.2) is 0 Å². The highest BCUT2D eigenvalue weighted by Crippen LogP contribution is 2.37. The van der Waals surface area contributed by atoms with E-state index >= 15 is 0 Å². The molecule has 0 saturated heterocycles. The van der Waals surface area contributed by atoms with Gasteiger partial charge in [-0.05, 0) is 34.0 Å². The molecule has 0 aliphatic carbocycles. The van der Waals surface area contributed by atoms with E-state index in [1.54, 1.807) is 10.8 Å². The average molecular weight is 367 g/mol. The van der Waals surface area contributed by atoms with Crippen LogP contribution in [0.2, 0.25) is 0 Å². The molecule has 0 aromatic heterocycles. The summed E-state index contributed by atoms with van der Waals surface area (Å²) in [6.07, 6.45) is 13.3. The molecule has 1 atom stereocenters. The fourth-order valence-corrected chi connectivity index (χ4v) is 5.65. The van der Waals surface area contributed by atoms with Crippen molar-refractivity contribution in [1.29, 1.82) is 0 Å². The first-order valence-electron chi connectivity index (χ1n) is 8.32. The van der Waals surface area contributed by atoms with Crippen LogP contribution in [-0.2, 0) is 9.59 Å². The van der Waals surface area contributed by atoms with Gasteiger partial charge in [0, 0.05) is 5.75 Å². The van der Waals surface area contributed by atoms with Crippen molar-refractivity contribution in [1.82, 2.24) is 0 Å². The Labute approximate surface area is 146 Å². The Kier molecular flexibility index (Phi) is 16.2. The number of hydrogen-bond donors (Lipinski definition) is 1. The Balaban J connectivity index is 3.21. The average Bonchev–Trinajstić information content (AvgIpc) is 2.50. The van der Waals surface area contributed by atoms with Crippen LogP contribution in [0.4, 0.5) is 0 Å². The van der Waals surface area contributed by atoms with E-state index in [0.717, 1.165) is 16.5 Å². The van der Waals surface area contributed by atoms with Crippen molar-refractivity contribution in [3.63, 3.8) is 0 Å². The highest BCUT2D eigenvalue weighted by atomic mass is 33.5. The molecule has 130 valence electrons. The number of carboxylic acid groups (broad SMARTS) is 1. The van der Waals surface area contributed by atoms with E-state index in [9.17, 15) is 9.59 Å². The fraction of sp³-hybridized carbons (Fsp3) is 0.875. The zero-order chi connectivity index (χ0) is 16.6. The zero-order valence-electron chi connectivity index (χ0n) is 13.8. The first-order chi connectivity index (χ1) is 10.6. The Morgan fingerprint density at radius 1 is 0.909 bits per heavy atom. The Morgan fingerprint density at radius 3 is 1.91 bits per heavy atom. The summed E-state index contributed by atoms with van der Waals surface area (Å²) in [5.74, 6) is -0.920. The minimum absolute atomic E-state index is 0.270. The Morgan fingerprint density at radius 2 is 1.41 bits per heavy atom. The van der Waals surface area contributed by atoms with Gasteiger partial charge in [-0.3, -0.25) is 9.59 Å². The maximum atomic E-state index is 11.4. The second-order valence-electron chi connectivity index (χ2n) is 5.53. The van der Waals surface area contributed by atoms with E-state index in [-0.39, 0.29) is 5.12 Å². The molecule has 1 N–H and O–H groups in total. The molecule has 0 aliphatic heterocycles. The predicted molar refractivity (Wildman–Crippen MR) is 101 cm³/mol. The summed E-state index contributed by atoms with van der Waals surface area (Å²) >= 11 is 0. The molecule has 1 unspecified atom stereocenters. The second kappa shape index (κ2) is 16.1. The molecule has 0 fully saturated rings.